The van der Waals surface area contributed by atoms with Crippen molar-refractivity contribution in [1.82, 2.24) is 15.2 Å². The Hall–Kier alpha value is -2.11. The Kier molecular flexibility index (Phi) is 3.76. The number of likely N-dealkylation sites (tertiary alicyclic amines) is 1. The number of hydrogen-bond acceptors (Lipinski definition) is 5. The number of hydrogen-bond donors (Lipinski definition) is 0. The zero-order chi connectivity index (χ0) is 15.9. The SMILES string of the molecule is CCc1onc(C)c1[C@H]1CCCN1C(=O)c1c(C)noc1C. The van der Waals surface area contributed by atoms with Gasteiger partial charge in [-0.05, 0) is 33.6 Å². The molecule has 0 spiro atoms. The summed E-state index contributed by atoms with van der Waals surface area (Å²) in [5, 5.41) is 7.97. The van der Waals surface area contributed by atoms with E-state index in [1.54, 1.807) is 13.8 Å². The zero-order valence-corrected chi connectivity index (χ0v) is 13.5. The lowest BCUT2D eigenvalue weighted by atomic mass is 10.0. The Morgan fingerprint density at radius 1 is 1.23 bits per heavy atom. The molecule has 6 nitrogen and oxygen atoms in total. The molecular weight excluding hydrogens is 282 g/mol. The van der Waals surface area contributed by atoms with E-state index in [1.165, 1.54) is 0 Å². The summed E-state index contributed by atoms with van der Waals surface area (Å²) in [4.78, 5) is 14.8. The van der Waals surface area contributed by atoms with Crippen LogP contribution >= 0.6 is 0 Å². The molecule has 0 aromatic carbocycles. The smallest absolute Gasteiger partial charge is 0.259 e. The molecule has 1 aliphatic rings. The lowest BCUT2D eigenvalue weighted by Gasteiger charge is -2.25. The van der Waals surface area contributed by atoms with Gasteiger partial charge in [-0.15, -0.1) is 0 Å². The maximum Gasteiger partial charge on any atom is 0.259 e. The normalized spacial score (nSPS) is 18.2. The van der Waals surface area contributed by atoms with Crippen LogP contribution in [0.15, 0.2) is 9.05 Å². The van der Waals surface area contributed by atoms with Crippen molar-refractivity contribution in [3.63, 3.8) is 0 Å². The van der Waals surface area contributed by atoms with E-state index < -0.39 is 0 Å². The summed E-state index contributed by atoms with van der Waals surface area (Å²) in [6.07, 6.45) is 2.69. The van der Waals surface area contributed by atoms with Crippen LogP contribution in [0, 0.1) is 20.8 Å². The van der Waals surface area contributed by atoms with E-state index in [4.69, 9.17) is 9.05 Å². The molecule has 0 radical (unpaired) electrons. The lowest BCUT2D eigenvalue weighted by Crippen LogP contribution is -2.31. The topological polar surface area (TPSA) is 72.4 Å². The molecule has 1 amide bonds. The minimum Gasteiger partial charge on any atom is -0.361 e. The Bertz CT molecular complexity index is 682. The van der Waals surface area contributed by atoms with Gasteiger partial charge in [-0.25, -0.2) is 0 Å². The van der Waals surface area contributed by atoms with Crippen LogP contribution in [0.25, 0.3) is 0 Å². The van der Waals surface area contributed by atoms with Gasteiger partial charge in [0.2, 0.25) is 0 Å². The molecule has 1 atom stereocenters. The van der Waals surface area contributed by atoms with Crippen LogP contribution < -0.4 is 0 Å². The van der Waals surface area contributed by atoms with Crippen LogP contribution in [0.2, 0.25) is 0 Å². The molecule has 0 N–H and O–H groups in total. The molecule has 0 saturated carbocycles. The first-order chi connectivity index (χ1) is 10.5. The summed E-state index contributed by atoms with van der Waals surface area (Å²) < 4.78 is 10.5. The van der Waals surface area contributed by atoms with Gasteiger partial charge in [0.05, 0.1) is 17.4 Å². The first-order valence-electron chi connectivity index (χ1n) is 7.73. The van der Waals surface area contributed by atoms with E-state index in [0.29, 0.717) is 17.0 Å². The second kappa shape index (κ2) is 5.59. The average Bonchev–Trinajstić information content (AvgIpc) is 3.17. The third kappa shape index (κ3) is 2.23. The molecule has 0 bridgehead atoms. The second-order valence-corrected chi connectivity index (χ2v) is 5.81. The summed E-state index contributed by atoms with van der Waals surface area (Å²) in [6.45, 7) is 8.30. The highest BCUT2D eigenvalue weighted by atomic mass is 16.5. The number of aryl methyl sites for hydroxylation is 4. The van der Waals surface area contributed by atoms with Crippen molar-refractivity contribution in [2.45, 2.75) is 53.0 Å². The Morgan fingerprint density at radius 3 is 2.59 bits per heavy atom. The number of nitrogens with zero attached hydrogens (tertiary/aromatic N) is 3. The maximum absolute atomic E-state index is 12.9. The van der Waals surface area contributed by atoms with Crippen molar-refractivity contribution in [2.75, 3.05) is 6.54 Å². The molecule has 118 valence electrons. The van der Waals surface area contributed by atoms with E-state index in [9.17, 15) is 4.79 Å². The van der Waals surface area contributed by atoms with Crippen molar-refractivity contribution in [2.24, 2.45) is 0 Å². The molecule has 3 rings (SSSR count). The number of carbonyl (C=O) groups is 1. The number of aromatic nitrogens is 2. The lowest BCUT2D eigenvalue weighted by molar-refractivity contribution is 0.0732. The number of amides is 1. The highest BCUT2D eigenvalue weighted by Gasteiger charge is 2.36. The van der Waals surface area contributed by atoms with Crippen LogP contribution in [-0.4, -0.2) is 27.7 Å². The van der Waals surface area contributed by atoms with Crippen LogP contribution in [0.4, 0.5) is 0 Å². The van der Waals surface area contributed by atoms with Crippen molar-refractivity contribution < 1.29 is 13.8 Å². The fraction of sp³-hybridized carbons (Fsp3) is 0.562. The third-order valence-corrected chi connectivity index (χ3v) is 4.40. The highest BCUT2D eigenvalue weighted by Crippen LogP contribution is 2.37. The first kappa shape index (κ1) is 14.8. The summed E-state index contributed by atoms with van der Waals surface area (Å²) in [7, 11) is 0. The van der Waals surface area contributed by atoms with E-state index in [0.717, 1.165) is 42.8 Å². The van der Waals surface area contributed by atoms with Gasteiger partial charge < -0.3 is 13.9 Å². The molecule has 2 aromatic rings. The summed E-state index contributed by atoms with van der Waals surface area (Å²) >= 11 is 0. The minimum atomic E-state index is -0.0126. The largest absolute Gasteiger partial charge is 0.361 e. The van der Waals surface area contributed by atoms with E-state index in [-0.39, 0.29) is 11.9 Å². The van der Waals surface area contributed by atoms with Gasteiger partial charge in [0.1, 0.15) is 17.1 Å². The van der Waals surface area contributed by atoms with Crippen LogP contribution in [0.5, 0.6) is 0 Å². The minimum absolute atomic E-state index is 0.0126. The molecule has 1 aliphatic heterocycles. The van der Waals surface area contributed by atoms with Gasteiger partial charge in [0.15, 0.2) is 0 Å². The zero-order valence-electron chi connectivity index (χ0n) is 13.5. The molecule has 1 fully saturated rings. The molecule has 0 aliphatic carbocycles. The second-order valence-electron chi connectivity index (χ2n) is 5.81. The van der Waals surface area contributed by atoms with Crippen molar-refractivity contribution in [1.29, 1.82) is 0 Å². The summed E-state index contributed by atoms with van der Waals surface area (Å²) in [6, 6.07) is 0.0300. The molecule has 0 unspecified atom stereocenters. The molecule has 6 heteroatoms. The highest BCUT2D eigenvalue weighted by molar-refractivity contribution is 5.96. The molecule has 2 aromatic heterocycles. The maximum atomic E-state index is 12.9. The van der Waals surface area contributed by atoms with Crippen LogP contribution in [0.1, 0.15) is 64.6 Å². The van der Waals surface area contributed by atoms with Crippen LogP contribution in [0.3, 0.4) is 0 Å². The predicted octanol–water partition coefficient (Wildman–Crippen LogP) is 3.13. The van der Waals surface area contributed by atoms with Crippen molar-refractivity contribution in [3.8, 4) is 0 Å². The molecule has 3 heterocycles. The van der Waals surface area contributed by atoms with Gasteiger partial charge in [-0.3, -0.25) is 4.79 Å². The predicted molar refractivity (Wildman–Crippen MR) is 79.6 cm³/mol. The quantitative estimate of drug-likeness (QED) is 0.871. The van der Waals surface area contributed by atoms with Gasteiger partial charge in [-0.1, -0.05) is 17.2 Å². The van der Waals surface area contributed by atoms with E-state index >= 15 is 0 Å². The Labute approximate surface area is 129 Å². The van der Waals surface area contributed by atoms with E-state index in [2.05, 4.69) is 10.3 Å². The Balaban J connectivity index is 1.97. The molecule has 1 saturated heterocycles. The summed E-state index contributed by atoms with van der Waals surface area (Å²) in [5.74, 6) is 1.44. The molecular formula is C16H21N3O3. The third-order valence-electron chi connectivity index (χ3n) is 4.40. The van der Waals surface area contributed by atoms with Gasteiger partial charge in [0, 0.05) is 18.5 Å². The van der Waals surface area contributed by atoms with Crippen molar-refractivity contribution >= 4 is 5.91 Å². The fourth-order valence-corrected chi connectivity index (χ4v) is 3.35. The van der Waals surface area contributed by atoms with Gasteiger partial charge in [-0.2, -0.15) is 0 Å². The first-order valence-corrected chi connectivity index (χ1v) is 7.73. The van der Waals surface area contributed by atoms with Gasteiger partial charge >= 0.3 is 0 Å². The fourth-order valence-electron chi connectivity index (χ4n) is 3.35. The van der Waals surface area contributed by atoms with E-state index in [1.807, 2.05) is 18.7 Å². The van der Waals surface area contributed by atoms with Crippen LogP contribution in [-0.2, 0) is 6.42 Å². The van der Waals surface area contributed by atoms with Gasteiger partial charge in [0.25, 0.3) is 5.91 Å². The standard InChI is InChI=1S/C16H21N3O3/c1-5-13-15(10(3)18-22-13)12-7-6-8-19(12)16(20)14-9(2)17-21-11(14)4/h12H,5-8H2,1-4H3/t12-/m1/s1. The summed E-state index contributed by atoms with van der Waals surface area (Å²) in [5.41, 5.74) is 3.17. The monoisotopic (exact) mass is 303 g/mol. The number of rotatable bonds is 3. The van der Waals surface area contributed by atoms with Crippen molar-refractivity contribution in [3.05, 3.63) is 34.0 Å². The Morgan fingerprint density at radius 2 is 1.95 bits per heavy atom. The number of carbonyl (C=O) groups excluding carboxylic acids is 1. The molecule has 22 heavy (non-hydrogen) atoms. The average molecular weight is 303 g/mol.